The van der Waals surface area contributed by atoms with E-state index < -0.39 is 24.4 Å². The lowest BCUT2D eigenvalue weighted by molar-refractivity contribution is -0.164. The van der Waals surface area contributed by atoms with Crippen LogP contribution in [0.15, 0.2) is 0 Å². The summed E-state index contributed by atoms with van der Waals surface area (Å²) in [5.74, 6) is -0.299. The van der Waals surface area contributed by atoms with E-state index in [1.165, 1.54) is 6.92 Å². The van der Waals surface area contributed by atoms with Gasteiger partial charge in [0.15, 0.2) is 0 Å². The molecule has 1 saturated heterocycles. The molecule has 0 radical (unpaired) electrons. The first-order chi connectivity index (χ1) is 6.56. The SMILES string of the molecule is CC(=O)N[C@H]1CO[C@H](CO)C(O)C1O. The van der Waals surface area contributed by atoms with Gasteiger partial charge in [0, 0.05) is 6.92 Å². The molecule has 14 heavy (non-hydrogen) atoms. The smallest absolute Gasteiger partial charge is 0.217 e. The maximum atomic E-state index is 10.7. The van der Waals surface area contributed by atoms with Gasteiger partial charge in [0.1, 0.15) is 18.3 Å². The summed E-state index contributed by atoms with van der Waals surface area (Å²) < 4.78 is 5.05. The number of carbonyl (C=O) groups is 1. The van der Waals surface area contributed by atoms with E-state index in [9.17, 15) is 15.0 Å². The highest BCUT2D eigenvalue weighted by atomic mass is 16.5. The maximum Gasteiger partial charge on any atom is 0.217 e. The Bertz CT molecular complexity index is 210. The van der Waals surface area contributed by atoms with Crippen LogP contribution in [0.4, 0.5) is 0 Å². The summed E-state index contributed by atoms with van der Waals surface area (Å²) in [7, 11) is 0. The number of nitrogens with one attached hydrogen (secondary N) is 1. The normalized spacial score (nSPS) is 38.0. The third-order valence-corrected chi connectivity index (χ3v) is 2.20. The van der Waals surface area contributed by atoms with E-state index in [1.54, 1.807) is 0 Å². The molecule has 4 atom stereocenters. The second kappa shape index (κ2) is 4.70. The molecule has 0 saturated carbocycles. The van der Waals surface area contributed by atoms with Crippen molar-refractivity contribution in [1.82, 2.24) is 5.32 Å². The molecule has 0 bridgehead atoms. The van der Waals surface area contributed by atoms with Crippen molar-refractivity contribution in [2.75, 3.05) is 13.2 Å². The highest BCUT2D eigenvalue weighted by Crippen LogP contribution is 2.14. The van der Waals surface area contributed by atoms with Crippen LogP contribution in [0, 0.1) is 0 Å². The zero-order valence-electron chi connectivity index (χ0n) is 7.88. The second-order valence-corrected chi connectivity index (χ2v) is 3.34. The third kappa shape index (κ3) is 2.42. The van der Waals surface area contributed by atoms with Crippen molar-refractivity contribution in [2.45, 2.75) is 31.3 Å². The van der Waals surface area contributed by atoms with Gasteiger partial charge in [-0.1, -0.05) is 0 Å². The predicted molar refractivity (Wildman–Crippen MR) is 46.4 cm³/mol. The summed E-state index contributed by atoms with van der Waals surface area (Å²) in [6.07, 6.45) is -3.06. The predicted octanol–water partition coefficient (Wildman–Crippen LogP) is -2.40. The molecule has 0 aromatic rings. The van der Waals surface area contributed by atoms with Gasteiger partial charge in [-0.2, -0.15) is 0 Å². The molecular weight excluding hydrogens is 190 g/mol. The van der Waals surface area contributed by atoms with Crippen LogP contribution in [0.25, 0.3) is 0 Å². The molecule has 0 aliphatic carbocycles. The van der Waals surface area contributed by atoms with Gasteiger partial charge in [0.25, 0.3) is 0 Å². The van der Waals surface area contributed by atoms with Gasteiger partial charge < -0.3 is 25.4 Å². The average Bonchev–Trinajstić information content (AvgIpc) is 2.13. The van der Waals surface area contributed by atoms with Gasteiger partial charge >= 0.3 is 0 Å². The number of aliphatic hydroxyl groups is 3. The molecule has 6 heteroatoms. The van der Waals surface area contributed by atoms with Crippen molar-refractivity contribution in [2.24, 2.45) is 0 Å². The van der Waals surface area contributed by atoms with Crippen LogP contribution in [-0.2, 0) is 9.53 Å². The van der Waals surface area contributed by atoms with Crippen molar-refractivity contribution in [3.63, 3.8) is 0 Å². The number of hydrogen-bond acceptors (Lipinski definition) is 5. The topological polar surface area (TPSA) is 99.0 Å². The first-order valence-corrected chi connectivity index (χ1v) is 4.42. The molecule has 0 spiro atoms. The summed E-state index contributed by atoms with van der Waals surface area (Å²) in [6, 6.07) is -0.620. The summed E-state index contributed by atoms with van der Waals surface area (Å²) in [5.41, 5.74) is 0. The highest BCUT2D eigenvalue weighted by molar-refractivity contribution is 5.73. The molecule has 1 aliphatic heterocycles. The molecule has 0 aromatic heterocycles. The number of rotatable bonds is 2. The van der Waals surface area contributed by atoms with Gasteiger partial charge in [-0.3, -0.25) is 4.79 Å². The van der Waals surface area contributed by atoms with E-state index in [0.717, 1.165) is 0 Å². The second-order valence-electron chi connectivity index (χ2n) is 3.34. The van der Waals surface area contributed by atoms with Crippen LogP contribution in [0.5, 0.6) is 0 Å². The average molecular weight is 205 g/mol. The quantitative estimate of drug-likeness (QED) is 0.403. The molecule has 1 heterocycles. The van der Waals surface area contributed by atoms with E-state index in [2.05, 4.69) is 5.32 Å². The summed E-state index contributed by atoms with van der Waals surface area (Å²) >= 11 is 0. The van der Waals surface area contributed by atoms with E-state index in [0.29, 0.717) is 0 Å². The molecule has 1 amide bonds. The summed E-state index contributed by atoms with van der Waals surface area (Å²) in [5, 5.41) is 30.2. The van der Waals surface area contributed by atoms with E-state index in [1.807, 2.05) is 0 Å². The van der Waals surface area contributed by atoms with Crippen molar-refractivity contribution in [3.05, 3.63) is 0 Å². The van der Waals surface area contributed by atoms with Gasteiger partial charge in [0.05, 0.1) is 19.3 Å². The Morgan fingerprint density at radius 2 is 2.14 bits per heavy atom. The van der Waals surface area contributed by atoms with E-state index in [4.69, 9.17) is 9.84 Å². The van der Waals surface area contributed by atoms with E-state index in [-0.39, 0.29) is 19.1 Å². The fourth-order valence-electron chi connectivity index (χ4n) is 1.43. The standard InChI is InChI=1S/C8H15NO5/c1-4(11)9-5-3-14-6(2-10)8(13)7(5)12/h5-8,10,12-13H,2-3H2,1H3,(H,9,11)/t5-,6+,7?,8?/m0/s1. The van der Waals surface area contributed by atoms with Crippen molar-refractivity contribution in [3.8, 4) is 0 Å². The Labute approximate surface area is 81.5 Å². The number of hydrogen-bond donors (Lipinski definition) is 4. The molecule has 1 aliphatic rings. The summed E-state index contributed by atoms with van der Waals surface area (Å²) in [6.45, 7) is 1.05. The minimum absolute atomic E-state index is 0.0863. The molecular formula is C8H15NO5. The first kappa shape index (κ1) is 11.4. The van der Waals surface area contributed by atoms with Crippen molar-refractivity contribution >= 4 is 5.91 Å². The van der Waals surface area contributed by atoms with Crippen LogP contribution in [0.3, 0.4) is 0 Å². The molecule has 0 aromatic carbocycles. The molecule has 1 fully saturated rings. The molecule has 2 unspecified atom stereocenters. The van der Waals surface area contributed by atoms with Crippen LogP contribution >= 0.6 is 0 Å². The Morgan fingerprint density at radius 1 is 1.50 bits per heavy atom. The minimum Gasteiger partial charge on any atom is -0.394 e. The van der Waals surface area contributed by atoms with Crippen LogP contribution in [0.1, 0.15) is 6.92 Å². The van der Waals surface area contributed by atoms with Crippen LogP contribution in [-0.4, -0.2) is 58.8 Å². The Kier molecular flexibility index (Phi) is 3.82. The van der Waals surface area contributed by atoms with Gasteiger partial charge in [0.2, 0.25) is 5.91 Å². The molecule has 4 N–H and O–H groups in total. The lowest BCUT2D eigenvalue weighted by Crippen LogP contribution is -2.59. The van der Waals surface area contributed by atoms with Gasteiger partial charge in [-0.05, 0) is 0 Å². The first-order valence-electron chi connectivity index (χ1n) is 4.42. The molecule has 6 nitrogen and oxygen atoms in total. The van der Waals surface area contributed by atoms with Gasteiger partial charge in [-0.15, -0.1) is 0 Å². The Morgan fingerprint density at radius 3 is 2.64 bits per heavy atom. The molecule has 1 rings (SSSR count). The van der Waals surface area contributed by atoms with Crippen LogP contribution in [0.2, 0.25) is 0 Å². The van der Waals surface area contributed by atoms with Crippen molar-refractivity contribution < 1.29 is 24.9 Å². The molecule has 82 valence electrons. The lowest BCUT2D eigenvalue weighted by Gasteiger charge is -2.36. The number of amides is 1. The Balaban J connectivity index is 2.54. The Hall–Kier alpha value is -0.690. The van der Waals surface area contributed by atoms with Crippen molar-refractivity contribution in [1.29, 1.82) is 0 Å². The lowest BCUT2D eigenvalue weighted by atomic mass is 9.98. The third-order valence-electron chi connectivity index (χ3n) is 2.20. The number of carbonyl (C=O) groups excluding carboxylic acids is 1. The number of aliphatic hydroxyl groups excluding tert-OH is 3. The maximum absolute atomic E-state index is 10.7. The van der Waals surface area contributed by atoms with Gasteiger partial charge in [-0.25, -0.2) is 0 Å². The monoisotopic (exact) mass is 205 g/mol. The zero-order chi connectivity index (χ0) is 10.7. The fraction of sp³-hybridized carbons (Fsp3) is 0.875. The van der Waals surface area contributed by atoms with E-state index >= 15 is 0 Å². The highest BCUT2D eigenvalue weighted by Gasteiger charge is 2.38. The fourth-order valence-corrected chi connectivity index (χ4v) is 1.43. The zero-order valence-corrected chi connectivity index (χ0v) is 7.88. The minimum atomic E-state index is -1.18. The van der Waals surface area contributed by atoms with Crippen LogP contribution < -0.4 is 5.32 Å². The number of ether oxygens (including phenoxy) is 1. The summed E-state index contributed by atoms with van der Waals surface area (Å²) in [4.78, 5) is 10.7. The largest absolute Gasteiger partial charge is 0.394 e.